The third-order valence-corrected chi connectivity index (χ3v) is 6.25. The molecule has 0 amide bonds. The summed E-state index contributed by atoms with van der Waals surface area (Å²) < 4.78 is 6.53. The van der Waals surface area contributed by atoms with E-state index in [-0.39, 0.29) is 0 Å². The third-order valence-electron chi connectivity index (χ3n) is 3.84. The van der Waals surface area contributed by atoms with Gasteiger partial charge in [0.2, 0.25) is 0 Å². The first-order valence-electron chi connectivity index (χ1n) is 7.17. The van der Waals surface area contributed by atoms with Crippen molar-refractivity contribution in [2.45, 2.75) is 13.0 Å². The molecule has 4 nitrogen and oxygen atoms in total. The van der Waals surface area contributed by atoms with Gasteiger partial charge in [-0.3, -0.25) is 4.99 Å². The standard InChI is InChI=1S/C16H16N2O2S2/c1-9(19)15-14(18-6-5-17-16(18)22-15)13-8-10-7-11(20-2)3-4-12(10)21-13/h3-4,7-9,19H,5-6H2,1-2H3. The van der Waals surface area contributed by atoms with Crippen LogP contribution in [-0.4, -0.2) is 41.5 Å². The maximum Gasteiger partial charge on any atom is 0.168 e. The molecule has 1 aromatic carbocycles. The summed E-state index contributed by atoms with van der Waals surface area (Å²) in [5, 5.41) is 12.3. The van der Waals surface area contributed by atoms with Crippen molar-refractivity contribution in [3.05, 3.63) is 34.0 Å². The van der Waals surface area contributed by atoms with E-state index in [9.17, 15) is 5.11 Å². The first-order chi connectivity index (χ1) is 10.7. The van der Waals surface area contributed by atoms with Crippen molar-refractivity contribution in [1.82, 2.24) is 4.90 Å². The third kappa shape index (κ3) is 2.14. The maximum absolute atomic E-state index is 10.1. The molecule has 0 fully saturated rings. The molecule has 0 radical (unpaired) electrons. The molecule has 2 aromatic rings. The van der Waals surface area contributed by atoms with Crippen molar-refractivity contribution >= 4 is 44.0 Å². The predicted molar refractivity (Wildman–Crippen MR) is 93.6 cm³/mol. The second kappa shape index (κ2) is 5.30. The summed E-state index contributed by atoms with van der Waals surface area (Å²) in [5.74, 6) is 0.866. The van der Waals surface area contributed by atoms with Crippen molar-refractivity contribution in [3.8, 4) is 5.75 Å². The van der Waals surface area contributed by atoms with Crippen molar-refractivity contribution in [2.75, 3.05) is 20.2 Å². The highest BCUT2D eigenvalue weighted by atomic mass is 32.2. The van der Waals surface area contributed by atoms with Gasteiger partial charge in [-0.25, -0.2) is 0 Å². The normalized spacial score (nSPS) is 18.9. The number of aliphatic hydroxyl groups excluding tert-OH is 1. The zero-order valence-corrected chi connectivity index (χ0v) is 14.0. The minimum Gasteiger partial charge on any atom is -0.497 e. The fourth-order valence-corrected chi connectivity index (χ4v) is 5.11. The van der Waals surface area contributed by atoms with Crippen LogP contribution in [0.2, 0.25) is 0 Å². The second-order valence-electron chi connectivity index (χ2n) is 5.32. The monoisotopic (exact) mass is 332 g/mol. The smallest absolute Gasteiger partial charge is 0.168 e. The Hall–Kier alpha value is -1.50. The molecule has 6 heteroatoms. The fraction of sp³-hybridized carbons (Fsp3) is 0.312. The van der Waals surface area contributed by atoms with Gasteiger partial charge in [-0.15, -0.1) is 11.3 Å². The Morgan fingerprint density at radius 2 is 2.23 bits per heavy atom. The molecule has 3 heterocycles. The van der Waals surface area contributed by atoms with Gasteiger partial charge >= 0.3 is 0 Å². The van der Waals surface area contributed by atoms with Gasteiger partial charge in [0.15, 0.2) is 5.17 Å². The van der Waals surface area contributed by atoms with Gasteiger partial charge in [0.05, 0.1) is 30.3 Å². The van der Waals surface area contributed by atoms with Crippen LogP contribution in [0.5, 0.6) is 5.75 Å². The van der Waals surface area contributed by atoms with Crippen LogP contribution in [0.25, 0.3) is 15.8 Å². The number of rotatable bonds is 3. The average molecular weight is 332 g/mol. The van der Waals surface area contributed by atoms with Crippen LogP contribution in [0.3, 0.4) is 0 Å². The zero-order chi connectivity index (χ0) is 15.3. The van der Waals surface area contributed by atoms with Crippen molar-refractivity contribution in [3.63, 3.8) is 0 Å². The van der Waals surface area contributed by atoms with Gasteiger partial charge in [-0.1, -0.05) is 11.8 Å². The lowest BCUT2D eigenvalue weighted by molar-refractivity contribution is 0.240. The van der Waals surface area contributed by atoms with Gasteiger partial charge in [0.25, 0.3) is 0 Å². The van der Waals surface area contributed by atoms with Crippen LogP contribution in [0.1, 0.15) is 11.8 Å². The molecule has 0 saturated heterocycles. The van der Waals surface area contributed by atoms with Crippen LogP contribution >= 0.6 is 23.1 Å². The summed E-state index contributed by atoms with van der Waals surface area (Å²) in [6, 6.07) is 8.31. The number of amidine groups is 1. The van der Waals surface area contributed by atoms with Gasteiger partial charge < -0.3 is 14.7 Å². The predicted octanol–water partition coefficient (Wildman–Crippen LogP) is 3.38. The Morgan fingerprint density at radius 3 is 3.00 bits per heavy atom. The van der Waals surface area contributed by atoms with Crippen LogP contribution in [-0.2, 0) is 0 Å². The maximum atomic E-state index is 10.1. The number of aliphatic hydroxyl groups is 1. The Balaban J connectivity index is 1.85. The van der Waals surface area contributed by atoms with Crippen LogP contribution in [0.4, 0.5) is 0 Å². The van der Waals surface area contributed by atoms with E-state index in [1.165, 1.54) is 15.0 Å². The van der Waals surface area contributed by atoms with E-state index in [2.05, 4.69) is 28.1 Å². The van der Waals surface area contributed by atoms with E-state index >= 15 is 0 Å². The molecule has 0 bridgehead atoms. The van der Waals surface area contributed by atoms with Crippen molar-refractivity contribution < 1.29 is 9.84 Å². The summed E-state index contributed by atoms with van der Waals surface area (Å²) in [6.07, 6.45) is -0.479. The van der Waals surface area contributed by atoms with Crippen molar-refractivity contribution in [2.24, 2.45) is 4.99 Å². The Bertz CT molecular complexity index is 808. The second-order valence-corrected chi connectivity index (χ2v) is 7.41. The highest BCUT2D eigenvalue weighted by Gasteiger charge is 2.35. The number of thiophene rings is 1. The lowest BCUT2D eigenvalue weighted by atomic mass is 10.2. The summed E-state index contributed by atoms with van der Waals surface area (Å²) in [7, 11) is 1.68. The summed E-state index contributed by atoms with van der Waals surface area (Å²) >= 11 is 3.35. The Labute approximate surface area is 137 Å². The fourth-order valence-electron chi connectivity index (χ4n) is 2.80. The summed E-state index contributed by atoms with van der Waals surface area (Å²) in [4.78, 5) is 8.93. The number of benzene rings is 1. The van der Waals surface area contributed by atoms with Crippen LogP contribution in [0, 0.1) is 0 Å². The first kappa shape index (κ1) is 14.1. The molecule has 1 aromatic heterocycles. The van der Waals surface area contributed by atoms with Crippen LogP contribution in [0.15, 0.2) is 34.2 Å². The van der Waals surface area contributed by atoms with E-state index in [1.807, 2.05) is 13.0 Å². The molecule has 0 saturated carbocycles. The van der Waals surface area contributed by atoms with Gasteiger partial charge in [-0.2, -0.15) is 0 Å². The number of nitrogens with zero attached hydrogens (tertiary/aromatic N) is 2. The molecule has 4 rings (SSSR count). The molecular weight excluding hydrogens is 316 g/mol. The zero-order valence-electron chi connectivity index (χ0n) is 12.4. The number of thioether (sulfide) groups is 1. The molecule has 0 aliphatic carbocycles. The van der Waals surface area contributed by atoms with E-state index in [4.69, 9.17) is 4.74 Å². The Morgan fingerprint density at radius 1 is 1.36 bits per heavy atom. The molecule has 2 aliphatic rings. The SMILES string of the molecule is COc1ccc2sc(C3=C(C(C)O)SC4=NCCN43)cc2c1. The highest BCUT2D eigenvalue weighted by molar-refractivity contribution is 8.17. The van der Waals surface area contributed by atoms with E-state index in [0.29, 0.717) is 0 Å². The molecule has 0 spiro atoms. The molecule has 22 heavy (non-hydrogen) atoms. The quantitative estimate of drug-likeness (QED) is 0.936. The minimum absolute atomic E-state index is 0.479. The van der Waals surface area contributed by atoms with Gasteiger partial charge in [0.1, 0.15) is 5.75 Å². The number of fused-ring (bicyclic) bond motifs is 2. The lowest BCUT2D eigenvalue weighted by Gasteiger charge is -2.16. The topological polar surface area (TPSA) is 45.1 Å². The number of aliphatic imine (C=N–C) groups is 1. The summed E-state index contributed by atoms with van der Waals surface area (Å²) in [5.41, 5.74) is 1.12. The van der Waals surface area contributed by atoms with Gasteiger partial charge in [-0.05, 0) is 36.6 Å². The highest BCUT2D eigenvalue weighted by Crippen LogP contribution is 2.46. The first-order valence-corrected chi connectivity index (χ1v) is 8.80. The summed E-state index contributed by atoms with van der Waals surface area (Å²) in [6.45, 7) is 3.55. The molecule has 2 aliphatic heterocycles. The number of hydrogen-bond donors (Lipinski definition) is 1. The van der Waals surface area contributed by atoms with E-state index in [0.717, 1.165) is 34.6 Å². The lowest BCUT2D eigenvalue weighted by Crippen LogP contribution is -2.19. The minimum atomic E-state index is -0.479. The largest absolute Gasteiger partial charge is 0.497 e. The average Bonchev–Trinajstić information content (AvgIpc) is 3.18. The number of ether oxygens (including phenoxy) is 1. The van der Waals surface area contributed by atoms with E-state index in [1.54, 1.807) is 30.2 Å². The number of methoxy groups -OCH3 is 1. The molecule has 1 atom stereocenters. The molecule has 1 unspecified atom stereocenters. The van der Waals surface area contributed by atoms with Crippen LogP contribution < -0.4 is 4.74 Å². The van der Waals surface area contributed by atoms with E-state index < -0.39 is 6.10 Å². The number of hydrogen-bond acceptors (Lipinski definition) is 6. The molecular formula is C16H16N2O2S2. The Kier molecular flexibility index (Phi) is 3.40. The molecule has 1 N–H and O–H groups in total. The van der Waals surface area contributed by atoms with Crippen molar-refractivity contribution in [1.29, 1.82) is 0 Å². The van der Waals surface area contributed by atoms with Gasteiger partial charge in [0, 0.05) is 16.1 Å². The molecule has 114 valence electrons.